The van der Waals surface area contributed by atoms with E-state index in [1.54, 1.807) is 0 Å². The minimum Gasteiger partial charge on any atom is -0.0649 e. The van der Waals surface area contributed by atoms with Gasteiger partial charge in [-0.05, 0) is 38.4 Å². The Hall–Kier alpha value is 0. The Balaban J connectivity index is 6.29. The predicted molar refractivity (Wildman–Crippen MR) is 108 cm³/mol. The Morgan fingerprint density at radius 1 is 0.522 bits per heavy atom. The molecule has 0 aliphatic heterocycles. The third-order valence-electron chi connectivity index (χ3n) is 10.3. The summed E-state index contributed by atoms with van der Waals surface area (Å²) in [5.41, 5.74) is 1.45. The van der Waals surface area contributed by atoms with Crippen molar-refractivity contribution in [3.63, 3.8) is 0 Å². The number of hydrogen-bond donors (Lipinski definition) is 0. The van der Waals surface area contributed by atoms with Crippen molar-refractivity contribution in [2.75, 3.05) is 0 Å². The average Bonchev–Trinajstić information content (AvgIpc) is 2.37. The Morgan fingerprint density at radius 3 is 1.09 bits per heavy atom. The molecule has 0 amide bonds. The summed E-state index contributed by atoms with van der Waals surface area (Å²) in [6, 6.07) is 0. The van der Waals surface area contributed by atoms with Gasteiger partial charge in [-0.2, -0.15) is 0 Å². The highest BCUT2D eigenvalue weighted by atomic mass is 14.7. The van der Waals surface area contributed by atoms with Gasteiger partial charge < -0.3 is 0 Å². The molecule has 0 saturated heterocycles. The van der Waals surface area contributed by atoms with E-state index in [1.165, 1.54) is 6.42 Å². The first kappa shape index (κ1) is 23.0. The van der Waals surface area contributed by atoms with Crippen LogP contribution in [-0.2, 0) is 0 Å². The standard InChI is InChI=1S/C23H48/c1-16-18(4,5)20(8,9)22(12,13)23(14,15)21(10,11)19(6,7)17(2)3/h17H,16H2,1-15H3. The van der Waals surface area contributed by atoms with Gasteiger partial charge in [-0.1, -0.05) is 110 Å². The lowest BCUT2D eigenvalue weighted by atomic mass is 9.38. The summed E-state index contributed by atoms with van der Waals surface area (Å²) < 4.78 is 0. The summed E-state index contributed by atoms with van der Waals surface area (Å²) in [7, 11) is 0. The Bertz CT molecular complexity index is 400. The fourth-order valence-corrected chi connectivity index (χ4v) is 4.38. The van der Waals surface area contributed by atoms with E-state index in [4.69, 9.17) is 0 Å². The molecule has 0 aromatic carbocycles. The van der Waals surface area contributed by atoms with Crippen molar-refractivity contribution in [3.8, 4) is 0 Å². The van der Waals surface area contributed by atoms with Crippen molar-refractivity contribution in [2.45, 2.75) is 110 Å². The van der Waals surface area contributed by atoms with Gasteiger partial charge in [-0.25, -0.2) is 0 Å². The van der Waals surface area contributed by atoms with Crippen LogP contribution in [0.15, 0.2) is 0 Å². The summed E-state index contributed by atoms with van der Waals surface area (Å²) in [4.78, 5) is 0. The first-order chi connectivity index (χ1) is 9.75. The Morgan fingerprint density at radius 2 is 0.826 bits per heavy atom. The highest BCUT2D eigenvalue weighted by Gasteiger charge is 2.61. The van der Waals surface area contributed by atoms with Gasteiger partial charge in [0.1, 0.15) is 0 Å². The predicted octanol–water partition coefficient (Wildman–Crippen LogP) is 8.21. The normalized spacial score (nSPS) is 16.2. The molecule has 0 nitrogen and oxygen atoms in total. The fraction of sp³-hybridized carbons (Fsp3) is 1.00. The van der Waals surface area contributed by atoms with E-state index < -0.39 is 0 Å². The minimum atomic E-state index is 0.198. The molecule has 0 rings (SSSR count). The molecule has 0 aromatic heterocycles. The van der Waals surface area contributed by atoms with Gasteiger partial charge in [0.25, 0.3) is 0 Å². The maximum absolute atomic E-state index is 2.52. The van der Waals surface area contributed by atoms with E-state index in [-0.39, 0.29) is 27.1 Å². The van der Waals surface area contributed by atoms with Crippen molar-refractivity contribution in [1.29, 1.82) is 0 Å². The molecule has 0 N–H and O–H groups in total. The van der Waals surface area contributed by atoms with Crippen molar-refractivity contribution in [1.82, 2.24) is 0 Å². The largest absolute Gasteiger partial charge is 0.0649 e. The quantitative estimate of drug-likeness (QED) is 0.442. The van der Waals surface area contributed by atoms with Gasteiger partial charge in [0.05, 0.1) is 0 Å². The fourth-order valence-electron chi connectivity index (χ4n) is 4.38. The second-order valence-electron chi connectivity index (χ2n) is 11.6. The van der Waals surface area contributed by atoms with Crippen LogP contribution in [-0.4, -0.2) is 0 Å². The SMILES string of the molecule is CCC(C)(C)C(C)(C)C(C)(C)C(C)(C)C(C)(C)C(C)(C)C(C)C. The molecule has 140 valence electrons. The molecule has 0 heteroatoms. The highest BCUT2D eigenvalue weighted by molar-refractivity contribution is 5.09. The van der Waals surface area contributed by atoms with E-state index in [9.17, 15) is 0 Å². The molecule has 0 spiro atoms. The van der Waals surface area contributed by atoms with Crippen LogP contribution in [0, 0.1) is 38.4 Å². The van der Waals surface area contributed by atoms with Crippen LogP contribution in [0.5, 0.6) is 0 Å². The lowest BCUT2D eigenvalue weighted by Gasteiger charge is -2.66. The highest BCUT2D eigenvalue weighted by Crippen LogP contribution is 2.68. The maximum atomic E-state index is 2.52. The van der Waals surface area contributed by atoms with Crippen LogP contribution in [0.2, 0.25) is 0 Å². The zero-order valence-corrected chi connectivity index (χ0v) is 19.3. The first-order valence-corrected chi connectivity index (χ1v) is 9.75. The van der Waals surface area contributed by atoms with Gasteiger partial charge in [-0.15, -0.1) is 0 Å². The zero-order chi connectivity index (χ0) is 19.3. The third-order valence-corrected chi connectivity index (χ3v) is 10.3. The lowest BCUT2D eigenvalue weighted by Crippen LogP contribution is -2.60. The molecule has 0 heterocycles. The third kappa shape index (κ3) is 3.02. The molecule has 0 bridgehead atoms. The van der Waals surface area contributed by atoms with E-state index in [1.807, 2.05) is 0 Å². The van der Waals surface area contributed by atoms with E-state index in [0.717, 1.165) is 0 Å². The minimum absolute atomic E-state index is 0.198. The van der Waals surface area contributed by atoms with Crippen molar-refractivity contribution in [2.24, 2.45) is 38.4 Å². The smallest absolute Gasteiger partial charge is 0.0241 e. The van der Waals surface area contributed by atoms with Crippen LogP contribution >= 0.6 is 0 Å². The summed E-state index contributed by atoms with van der Waals surface area (Å²) in [6.45, 7) is 37.0. The van der Waals surface area contributed by atoms with Gasteiger partial charge in [0, 0.05) is 0 Å². The molecule has 0 aromatic rings. The van der Waals surface area contributed by atoms with Crippen LogP contribution in [0.4, 0.5) is 0 Å². The van der Waals surface area contributed by atoms with Gasteiger partial charge >= 0.3 is 0 Å². The van der Waals surface area contributed by atoms with Crippen molar-refractivity contribution >= 4 is 0 Å². The monoisotopic (exact) mass is 324 g/mol. The average molecular weight is 325 g/mol. The van der Waals surface area contributed by atoms with E-state index in [0.29, 0.717) is 11.3 Å². The summed E-state index contributed by atoms with van der Waals surface area (Å²) in [5, 5.41) is 0. The molecule has 0 atom stereocenters. The second-order valence-corrected chi connectivity index (χ2v) is 11.6. The molecule has 23 heavy (non-hydrogen) atoms. The molecule has 0 saturated carbocycles. The van der Waals surface area contributed by atoms with Gasteiger partial charge in [-0.3, -0.25) is 0 Å². The number of hydrogen-bond acceptors (Lipinski definition) is 0. The summed E-state index contributed by atoms with van der Waals surface area (Å²) >= 11 is 0. The summed E-state index contributed by atoms with van der Waals surface area (Å²) in [6.07, 6.45) is 1.22. The molecule has 0 fully saturated rings. The summed E-state index contributed by atoms with van der Waals surface area (Å²) in [5.74, 6) is 0.662. The van der Waals surface area contributed by atoms with E-state index >= 15 is 0 Å². The maximum Gasteiger partial charge on any atom is -0.0241 e. The van der Waals surface area contributed by atoms with Crippen molar-refractivity contribution in [3.05, 3.63) is 0 Å². The molecule has 0 unspecified atom stereocenters. The zero-order valence-electron chi connectivity index (χ0n) is 19.3. The lowest BCUT2D eigenvalue weighted by molar-refractivity contribution is -0.181. The van der Waals surface area contributed by atoms with E-state index in [2.05, 4.69) is 104 Å². The molecular weight excluding hydrogens is 276 g/mol. The topological polar surface area (TPSA) is 0 Å². The second kappa shape index (κ2) is 6.06. The van der Waals surface area contributed by atoms with Crippen LogP contribution in [0.25, 0.3) is 0 Å². The van der Waals surface area contributed by atoms with Crippen LogP contribution in [0.3, 0.4) is 0 Å². The molecule has 0 aliphatic carbocycles. The van der Waals surface area contributed by atoms with Gasteiger partial charge in [0.15, 0.2) is 0 Å². The first-order valence-electron chi connectivity index (χ1n) is 9.75. The molecule has 0 aliphatic rings. The van der Waals surface area contributed by atoms with Crippen molar-refractivity contribution < 1.29 is 0 Å². The molecular formula is C23H48. The Kier molecular flexibility index (Phi) is 6.06. The number of rotatable bonds is 7. The molecule has 0 radical (unpaired) electrons. The van der Waals surface area contributed by atoms with Crippen LogP contribution in [0.1, 0.15) is 110 Å². The Labute approximate surface area is 149 Å². The van der Waals surface area contributed by atoms with Gasteiger partial charge in [0.2, 0.25) is 0 Å². The van der Waals surface area contributed by atoms with Crippen LogP contribution < -0.4 is 0 Å².